The molecule has 2 N–H and O–H groups in total. The summed E-state index contributed by atoms with van der Waals surface area (Å²) < 4.78 is 19.8. The summed E-state index contributed by atoms with van der Waals surface area (Å²) in [6.45, 7) is 3.80. The Hall–Kier alpha value is -4.29. The second kappa shape index (κ2) is 10.8. The van der Waals surface area contributed by atoms with Gasteiger partial charge in [0.15, 0.2) is 5.82 Å². The molecule has 0 fully saturated rings. The first-order valence-electron chi connectivity index (χ1n) is 10.8. The Bertz CT molecular complexity index is 1280. The van der Waals surface area contributed by atoms with Crippen LogP contribution < -0.4 is 15.4 Å². The van der Waals surface area contributed by atoms with Gasteiger partial charge in [-0.05, 0) is 52.2 Å². The van der Waals surface area contributed by atoms with Crippen LogP contribution >= 0.6 is 0 Å². The van der Waals surface area contributed by atoms with Crippen LogP contribution in [0.25, 0.3) is 11.3 Å². The molecule has 3 rings (SSSR count). The fourth-order valence-electron chi connectivity index (χ4n) is 3.06. The zero-order valence-electron chi connectivity index (χ0n) is 20.3. The Morgan fingerprint density at radius 3 is 2.54 bits per heavy atom. The molecule has 2 aromatic carbocycles. The number of rotatable bonds is 8. The summed E-state index contributed by atoms with van der Waals surface area (Å²) in [6.07, 6.45) is 2.70. The molecule has 0 aliphatic carbocycles. The lowest BCUT2D eigenvalue weighted by molar-refractivity contribution is -0.112. The van der Waals surface area contributed by atoms with Crippen molar-refractivity contribution in [3.63, 3.8) is 0 Å². The lowest BCUT2D eigenvalue weighted by Crippen LogP contribution is -2.37. The summed E-state index contributed by atoms with van der Waals surface area (Å²) in [4.78, 5) is 23.0. The minimum absolute atomic E-state index is 0.0107. The van der Waals surface area contributed by atoms with Gasteiger partial charge < -0.3 is 20.3 Å². The topological polar surface area (TPSA) is 103 Å². The van der Waals surface area contributed by atoms with Crippen LogP contribution in [0.15, 0.2) is 66.4 Å². The fraction of sp³-hybridized carbons (Fsp3) is 0.231. The van der Waals surface area contributed by atoms with E-state index in [0.717, 1.165) is 6.20 Å². The Balaban J connectivity index is 1.88. The van der Waals surface area contributed by atoms with E-state index < -0.39 is 17.3 Å². The first-order valence-corrected chi connectivity index (χ1v) is 10.8. The van der Waals surface area contributed by atoms with Crippen LogP contribution in [0, 0.1) is 17.1 Å². The van der Waals surface area contributed by atoms with E-state index in [0.29, 0.717) is 22.7 Å². The van der Waals surface area contributed by atoms with Crippen LogP contribution in [0.5, 0.6) is 5.75 Å². The predicted molar refractivity (Wildman–Crippen MR) is 134 cm³/mol. The molecule has 0 spiro atoms. The predicted octanol–water partition coefficient (Wildman–Crippen LogP) is 4.76. The Labute approximate surface area is 204 Å². The van der Waals surface area contributed by atoms with Gasteiger partial charge in [0, 0.05) is 16.8 Å². The average Bonchev–Trinajstić information content (AvgIpc) is 2.84. The van der Waals surface area contributed by atoms with E-state index in [1.807, 2.05) is 45.0 Å². The Morgan fingerprint density at radius 2 is 1.91 bits per heavy atom. The number of amides is 1. The molecule has 1 heterocycles. The van der Waals surface area contributed by atoms with Gasteiger partial charge in [-0.2, -0.15) is 5.26 Å². The summed E-state index contributed by atoms with van der Waals surface area (Å²) in [5.74, 6) is -0.478. The van der Waals surface area contributed by atoms with Crippen LogP contribution in [0.2, 0.25) is 0 Å². The molecule has 0 saturated carbocycles. The molecule has 9 heteroatoms. The summed E-state index contributed by atoms with van der Waals surface area (Å²) in [6, 6.07) is 15.8. The molecule has 0 unspecified atom stereocenters. The van der Waals surface area contributed by atoms with Crippen molar-refractivity contribution in [1.82, 2.24) is 14.9 Å². The maximum absolute atomic E-state index is 14.4. The van der Waals surface area contributed by atoms with Crippen LogP contribution in [-0.4, -0.2) is 47.5 Å². The molecule has 0 saturated heterocycles. The molecule has 8 nitrogen and oxygen atoms in total. The fourth-order valence-corrected chi connectivity index (χ4v) is 3.06. The zero-order valence-corrected chi connectivity index (χ0v) is 20.3. The van der Waals surface area contributed by atoms with Crippen LogP contribution in [0.4, 0.5) is 21.7 Å². The number of ether oxygens (including phenoxy) is 1. The molecule has 1 amide bonds. The highest BCUT2D eigenvalue weighted by Gasteiger charge is 2.21. The summed E-state index contributed by atoms with van der Waals surface area (Å²) >= 11 is 0. The number of likely N-dealkylation sites (N-methyl/N-ethyl adjacent to an activating group) is 1. The number of hydrogen-bond donors (Lipinski definition) is 2. The molecule has 3 aromatic rings. The number of nitrogens with zero attached hydrogens (tertiary/aromatic N) is 4. The molecule has 0 aliphatic rings. The number of carbonyl (C=O) groups excluding carboxylic acids is 1. The summed E-state index contributed by atoms with van der Waals surface area (Å²) in [5.41, 5.74) is 1.13. The first kappa shape index (κ1) is 25.3. The highest BCUT2D eigenvalue weighted by Crippen LogP contribution is 2.31. The molecule has 0 radical (unpaired) electrons. The molecule has 0 aliphatic heterocycles. The molecule has 0 atom stereocenters. The normalized spacial score (nSPS) is 11.7. The largest absolute Gasteiger partial charge is 0.495 e. The van der Waals surface area contributed by atoms with Gasteiger partial charge >= 0.3 is 0 Å². The summed E-state index contributed by atoms with van der Waals surface area (Å²) in [7, 11) is 5.23. The van der Waals surface area contributed by atoms with E-state index in [1.165, 1.54) is 7.11 Å². The third kappa shape index (κ3) is 6.19. The molecule has 0 bridgehead atoms. The monoisotopic (exact) mass is 474 g/mol. The molecule has 35 heavy (non-hydrogen) atoms. The number of halogens is 1. The van der Waals surface area contributed by atoms with Gasteiger partial charge in [-0.3, -0.25) is 4.79 Å². The standard InChI is InChI=1S/C26H27FN6O2/c1-26(2,33(3)4)14-18(15-28)24(34)30-19-11-12-22(35-5)21(13-19)31-25-29-16-20(27)23(32-25)17-9-7-6-8-10-17/h6-14,16H,1-5H3,(H,30,34)(H,29,31,32)/b18-14+. The number of nitriles is 1. The van der Waals surface area contributed by atoms with Gasteiger partial charge in [0.25, 0.3) is 5.91 Å². The van der Waals surface area contributed by atoms with E-state index in [1.54, 1.807) is 48.5 Å². The van der Waals surface area contributed by atoms with E-state index in [4.69, 9.17) is 4.74 Å². The van der Waals surface area contributed by atoms with Crippen LogP contribution in [-0.2, 0) is 4.79 Å². The number of anilines is 3. The highest BCUT2D eigenvalue weighted by atomic mass is 19.1. The molecule has 180 valence electrons. The molecular weight excluding hydrogens is 447 g/mol. The van der Waals surface area contributed by atoms with Crippen LogP contribution in [0.1, 0.15) is 13.8 Å². The van der Waals surface area contributed by atoms with E-state index in [9.17, 15) is 14.4 Å². The SMILES string of the molecule is COc1ccc(NC(=O)/C(C#N)=C/C(C)(C)N(C)C)cc1Nc1ncc(F)c(-c2ccccc2)n1. The molecular formula is C26H27FN6O2. The molecule has 1 aromatic heterocycles. The maximum Gasteiger partial charge on any atom is 0.266 e. The quantitative estimate of drug-likeness (QED) is 0.358. The number of hydrogen-bond acceptors (Lipinski definition) is 7. The van der Waals surface area contributed by atoms with Gasteiger partial charge in [0.05, 0.1) is 19.0 Å². The lowest BCUT2D eigenvalue weighted by Gasteiger charge is -2.29. The van der Waals surface area contributed by atoms with E-state index in [2.05, 4.69) is 20.6 Å². The Kier molecular flexibility index (Phi) is 7.79. The third-order valence-corrected chi connectivity index (χ3v) is 5.51. The number of methoxy groups -OCH3 is 1. The van der Waals surface area contributed by atoms with Crippen LogP contribution in [0.3, 0.4) is 0 Å². The van der Waals surface area contributed by atoms with E-state index >= 15 is 0 Å². The van der Waals surface area contributed by atoms with Gasteiger partial charge in [-0.1, -0.05) is 30.3 Å². The number of benzene rings is 2. The Morgan fingerprint density at radius 1 is 1.20 bits per heavy atom. The second-order valence-corrected chi connectivity index (χ2v) is 8.47. The van der Waals surface area contributed by atoms with Crippen molar-refractivity contribution in [2.24, 2.45) is 0 Å². The third-order valence-electron chi connectivity index (χ3n) is 5.51. The number of carbonyl (C=O) groups is 1. The minimum Gasteiger partial charge on any atom is -0.495 e. The van der Waals surface area contributed by atoms with Gasteiger partial charge in [-0.15, -0.1) is 0 Å². The smallest absolute Gasteiger partial charge is 0.266 e. The second-order valence-electron chi connectivity index (χ2n) is 8.47. The van der Waals surface area contributed by atoms with Gasteiger partial charge in [-0.25, -0.2) is 14.4 Å². The van der Waals surface area contributed by atoms with Gasteiger partial charge in [0.1, 0.15) is 23.1 Å². The van der Waals surface area contributed by atoms with Crippen molar-refractivity contribution in [2.45, 2.75) is 19.4 Å². The lowest BCUT2D eigenvalue weighted by atomic mass is 10.00. The van der Waals surface area contributed by atoms with Gasteiger partial charge in [0.2, 0.25) is 5.95 Å². The minimum atomic E-state index is -0.550. The van der Waals surface area contributed by atoms with Crippen molar-refractivity contribution in [3.8, 4) is 23.1 Å². The first-order chi connectivity index (χ1) is 16.6. The summed E-state index contributed by atoms with van der Waals surface area (Å²) in [5, 5.41) is 15.3. The maximum atomic E-state index is 14.4. The zero-order chi connectivity index (χ0) is 25.6. The van der Waals surface area contributed by atoms with Crippen molar-refractivity contribution in [3.05, 3.63) is 72.2 Å². The highest BCUT2D eigenvalue weighted by molar-refractivity contribution is 6.07. The average molecular weight is 475 g/mol. The van der Waals surface area contributed by atoms with Crippen molar-refractivity contribution < 1.29 is 13.9 Å². The number of aromatic nitrogens is 2. The van der Waals surface area contributed by atoms with Crippen molar-refractivity contribution >= 4 is 23.2 Å². The van der Waals surface area contributed by atoms with Crippen molar-refractivity contribution in [2.75, 3.05) is 31.8 Å². The number of nitrogens with one attached hydrogen (secondary N) is 2. The van der Waals surface area contributed by atoms with Crippen molar-refractivity contribution in [1.29, 1.82) is 5.26 Å². The van der Waals surface area contributed by atoms with E-state index in [-0.39, 0.29) is 17.2 Å².